The molecule has 1 amide bonds. The molecule has 0 aliphatic rings. The molecule has 3 aromatic rings. The summed E-state index contributed by atoms with van der Waals surface area (Å²) < 4.78 is 0. The Balaban J connectivity index is 1.53. The summed E-state index contributed by atoms with van der Waals surface area (Å²) in [7, 11) is 0. The minimum atomic E-state index is -0.263. The number of amides is 1. The van der Waals surface area contributed by atoms with Crippen LogP contribution in [-0.2, 0) is 17.6 Å². The number of pyridine rings is 1. The third-order valence-corrected chi connectivity index (χ3v) is 4.48. The number of benzene rings is 2. The molecule has 1 N–H and O–H groups in total. The maximum atomic E-state index is 12.3. The zero-order valence-corrected chi connectivity index (χ0v) is 15.4. The second kappa shape index (κ2) is 9.10. The minimum absolute atomic E-state index is 0.173. The Hall–Kier alpha value is -2.98. The van der Waals surface area contributed by atoms with Gasteiger partial charge in [0.15, 0.2) is 0 Å². The van der Waals surface area contributed by atoms with Crippen molar-refractivity contribution in [2.75, 3.05) is 5.32 Å². The third kappa shape index (κ3) is 5.50. The summed E-state index contributed by atoms with van der Waals surface area (Å²) in [4.78, 5) is 28.5. The average molecular weight is 379 g/mol. The summed E-state index contributed by atoms with van der Waals surface area (Å²) in [6.45, 7) is 0. The molecule has 136 valence electrons. The van der Waals surface area contributed by atoms with Crippen LogP contribution in [0.25, 0.3) is 0 Å². The van der Waals surface area contributed by atoms with E-state index in [4.69, 9.17) is 11.6 Å². The van der Waals surface area contributed by atoms with Crippen LogP contribution in [0.15, 0.2) is 73.1 Å². The Kier molecular flexibility index (Phi) is 6.34. The maximum absolute atomic E-state index is 12.3. The molecular formula is C22H19ClN2O2. The van der Waals surface area contributed by atoms with E-state index in [1.54, 1.807) is 48.8 Å². The van der Waals surface area contributed by atoms with E-state index in [2.05, 4.69) is 10.3 Å². The molecule has 0 aliphatic carbocycles. The van der Waals surface area contributed by atoms with Crippen LogP contribution in [0.3, 0.4) is 0 Å². The number of carbonyl (C=O) groups is 2. The SMILES string of the molecule is O=C(CCc1cccnc1)Cc1ccc(NC(=O)c2ccccc2Cl)cc1. The van der Waals surface area contributed by atoms with E-state index in [9.17, 15) is 9.59 Å². The van der Waals surface area contributed by atoms with Gasteiger partial charge < -0.3 is 5.32 Å². The molecule has 27 heavy (non-hydrogen) atoms. The first-order valence-corrected chi connectivity index (χ1v) is 9.05. The number of nitrogens with zero attached hydrogens (tertiary/aromatic N) is 1. The molecule has 1 aromatic heterocycles. The van der Waals surface area contributed by atoms with Crippen molar-refractivity contribution in [3.63, 3.8) is 0 Å². The first kappa shape index (κ1) is 18.8. The van der Waals surface area contributed by atoms with Gasteiger partial charge in [0.25, 0.3) is 5.91 Å². The summed E-state index contributed by atoms with van der Waals surface area (Å²) in [5, 5.41) is 3.22. The van der Waals surface area contributed by atoms with Crippen molar-refractivity contribution < 1.29 is 9.59 Å². The van der Waals surface area contributed by atoms with Gasteiger partial charge in [-0.05, 0) is 47.9 Å². The van der Waals surface area contributed by atoms with Crippen LogP contribution in [0.2, 0.25) is 5.02 Å². The number of hydrogen-bond donors (Lipinski definition) is 1. The lowest BCUT2D eigenvalue weighted by Gasteiger charge is -2.08. The summed E-state index contributed by atoms with van der Waals surface area (Å²) in [6.07, 6.45) is 5.05. The van der Waals surface area contributed by atoms with E-state index in [1.165, 1.54) is 0 Å². The van der Waals surface area contributed by atoms with Gasteiger partial charge in [0.1, 0.15) is 5.78 Å². The lowest BCUT2D eigenvalue weighted by molar-refractivity contribution is -0.118. The standard InChI is InChI=1S/C22H19ClN2O2/c23-21-6-2-1-5-20(21)22(27)25-18-10-7-16(8-11-18)14-19(26)12-9-17-4-3-13-24-15-17/h1-8,10-11,13,15H,9,12,14H2,(H,25,27). The van der Waals surface area contributed by atoms with E-state index in [0.29, 0.717) is 35.5 Å². The number of aromatic nitrogens is 1. The molecule has 1 heterocycles. The first-order chi connectivity index (χ1) is 13.1. The topological polar surface area (TPSA) is 59.1 Å². The number of rotatable bonds is 7. The second-order valence-corrected chi connectivity index (χ2v) is 6.61. The number of carbonyl (C=O) groups excluding carboxylic acids is 2. The first-order valence-electron chi connectivity index (χ1n) is 8.67. The Morgan fingerprint density at radius 2 is 1.70 bits per heavy atom. The van der Waals surface area contributed by atoms with Gasteiger partial charge in [-0.15, -0.1) is 0 Å². The molecule has 0 fully saturated rings. The van der Waals surface area contributed by atoms with Gasteiger partial charge in [-0.1, -0.05) is 41.9 Å². The molecule has 0 unspecified atom stereocenters. The molecule has 2 aromatic carbocycles. The third-order valence-electron chi connectivity index (χ3n) is 4.15. The molecular weight excluding hydrogens is 360 g/mol. The normalized spacial score (nSPS) is 10.4. The number of halogens is 1. The Bertz CT molecular complexity index is 925. The average Bonchev–Trinajstić information content (AvgIpc) is 2.69. The molecule has 5 heteroatoms. The highest BCUT2D eigenvalue weighted by Gasteiger charge is 2.10. The second-order valence-electron chi connectivity index (χ2n) is 6.21. The van der Waals surface area contributed by atoms with E-state index < -0.39 is 0 Å². The summed E-state index contributed by atoms with van der Waals surface area (Å²) in [5.74, 6) is -0.0902. The fourth-order valence-corrected chi connectivity index (χ4v) is 2.92. The monoisotopic (exact) mass is 378 g/mol. The van der Waals surface area contributed by atoms with Crippen molar-refractivity contribution in [3.8, 4) is 0 Å². The van der Waals surface area contributed by atoms with Gasteiger partial charge in [0, 0.05) is 30.9 Å². The largest absolute Gasteiger partial charge is 0.322 e. The van der Waals surface area contributed by atoms with Crippen molar-refractivity contribution in [1.82, 2.24) is 4.98 Å². The predicted molar refractivity (Wildman–Crippen MR) is 107 cm³/mol. The molecule has 0 atom stereocenters. The number of Topliss-reactive ketones (excluding diaryl/α,β-unsaturated/α-hetero) is 1. The molecule has 0 bridgehead atoms. The van der Waals surface area contributed by atoms with E-state index in [0.717, 1.165) is 11.1 Å². The fourth-order valence-electron chi connectivity index (χ4n) is 2.70. The minimum Gasteiger partial charge on any atom is -0.322 e. The van der Waals surface area contributed by atoms with Crippen LogP contribution in [-0.4, -0.2) is 16.7 Å². The zero-order valence-electron chi connectivity index (χ0n) is 14.7. The molecule has 4 nitrogen and oxygen atoms in total. The van der Waals surface area contributed by atoms with Gasteiger partial charge >= 0.3 is 0 Å². The van der Waals surface area contributed by atoms with Crippen LogP contribution < -0.4 is 5.32 Å². The number of nitrogens with one attached hydrogen (secondary N) is 1. The van der Waals surface area contributed by atoms with E-state index in [1.807, 2.05) is 24.3 Å². The van der Waals surface area contributed by atoms with Crippen LogP contribution in [0.5, 0.6) is 0 Å². The van der Waals surface area contributed by atoms with Crippen molar-refractivity contribution in [2.45, 2.75) is 19.3 Å². The number of anilines is 1. The van der Waals surface area contributed by atoms with Crippen molar-refractivity contribution in [2.24, 2.45) is 0 Å². The lowest BCUT2D eigenvalue weighted by atomic mass is 10.0. The molecule has 0 saturated heterocycles. The van der Waals surface area contributed by atoms with Crippen LogP contribution in [0.1, 0.15) is 27.9 Å². The fraction of sp³-hybridized carbons (Fsp3) is 0.136. The molecule has 3 rings (SSSR count). The van der Waals surface area contributed by atoms with E-state index in [-0.39, 0.29) is 11.7 Å². The molecule has 0 aliphatic heterocycles. The van der Waals surface area contributed by atoms with Crippen molar-refractivity contribution in [1.29, 1.82) is 0 Å². The summed E-state index contributed by atoms with van der Waals surface area (Å²) >= 11 is 6.04. The van der Waals surface area contributed by atoms with Gasteiger partial charge in [-0.3, -0.25) is 14.6 Å². The van der Waals surface area contributed by atoms with Gasteiger partial charge in [0.05, 0.1) is 10.6 Å². The zero-order chi connectivity index (χ0) is 19.1. The molecule has 0 saturated carbocycles. The van der Waals surface area contributed by atoms with Crippen molar-refractivity contribution >= 4 is 29.0 Å². The van der Waals surface area contributed by atoms with Crippen LogP contribution >= 0.6 is 11.6 Å². The smallest absolute Gasteiger partial charge is 0.257 e. The highest BCUT2D eigenvalue weighted by molar-refractivity contribution is 6.34. The number of aryl methyl sites for hydroxylation is 1. The molecule has 0 radical (unpaired) electrons. The Morgan fingerprint density at radius 3 is 2.41 bits per heavy atom. The van der Waals surface area contributed by atoms with Gasteiger partial charge in [-0.25, -0.2) is 0 Å². The Morgan fingerprint density at radius 1 is 0.926 bits per heavy atom. The van der Waals surface area contributed by atoms with Gasteiger partial charge in [0.2, 0.25) is 0 Å². The highest BCUT2D eigenvalue weighted by Crippen LogP contribution is 2.18. The number of hydrogen-bond acceptors (Lipinski definition) is 3. The summed E-state index contributed by atoms with van der Waals surface area (Å²) in [6, 6.07) is 18.0. The summed E-state index contributed by atoms with van der Waals surface area (Å²) in [5.41, 5.74) is 3.06. The highest BCUT2D eigenvalue weighted by atomic mass is 35.5. The quantitative estimate of drug-likeness (QED) is 0.646. The molecule has 0 spiro atoms. The Labute approximate surface area is 163 Å². The van der Waals surface area contributed by atoms with Crippen molar-refractivity contribution in [3.05, 3.63) is 94.8 Å². The van der Waals surface area contributed by atoms with Crippen LogP contribution in [0, 0.1) is 0 Å². The maximum Gasteiger partial charge on any atom is 0.257 e. The number of ketones is 1. The van der Waals surface area contributed by atoms with E-state index >= 15 is 0 Å². The van der Waals surface area contributed by atoms with Gasteiger partial charge in [-0.2, -0.15) is 0 Å². The lowest BCUT2D eigenvalue weighted by Crippen LogP contribution is -2.12. The van der Waals surface area contributed by atoms with Crippen LogP contribution in [0.4, 0.5) is 5.69 Å². The predicted octanol–water partition coefficient (Wildman–Crippen LogP) is 4.73.